The van der Waals surface area contributed by atoms with Gasteiger partial charge in [-0.1, -0.05) is 31.4 Å². The zero-order chi connectivity index (χ0) is 18.6. The van der Waals surface area contributed by atoms with Gasteiger partial charge in [-0.2, -0.15) is 0 Å². The average Bonchev–Trinajstić information content (AvgIpc) is 3.13. The van der Waals surface area contributed by atoms with E-state index >= 15 is 0 Å². The molecule has 3 aromatic rings. The molecule has 2 N–H and O–H groups in total. The largest absolute Gasteiger partial charge is 0.349 e. The molecular formula is C21H22N4O2. The molecule has 0 atom stereocenters. The number of imidazole rings is 1. The fourth-order valence-corrected chi connectivity index (χ4v) is 3.55. The van der Waals surface area contributed by atoms with E-state index in [-0.39, 0.29) is 17.9 Å². The third-order valence-electron chi connectivity index (χ3n) is 4.97. The zero-order valence-electron chi connectivity index (χ0n) is 15.0. The lowest BCUT2D eigenvalue weighted by Gasteiger charge is -2.22. The summed E-state index contributed by atoms with van der Waals surface area (Å²) in [4.78, 5) is 29.4. The first-order valence-corrected chi connectivity index (χ1v) is 9.35. The third kappa shape index (κ3) is 3.84. The van der Waals surface area contributed by atoms with Crippen molar-refractivity contribution in [3.05, 3.63) is 66.1 Å². The van der Waals surface area contributed by atoms with Crippen molar-refractivity contribution >= 4 is 23.1 Å². The van der Waals surface area contributed by atoms with Crippen LogP contribution in [0, 0.1) is 0 Å². The van der Waals surface area contributed by atoms with Gasteiger partial charge < -0.3 is 10.6 Å². The van der Waals surface area contributed by atoms with E-state index in [1.807, 2.05) is 18.2 Å². The number of hydrogen-bond donors (Lipinski definition) is 2. The van der Waals surface area contributed by atoms with Crippen molar-refractivity contribution in [2.45, 2.75) is 38.1 Å². The Morgan fingerprint density at radius 3 is 2.70 bits per heavy atom. The third-order valence-corrected chi connectivity index (χ3v) is 4.97. The molecule has 2 amide bonds. The SMILES string of the molecule is O=C(NC1CCCCC1)c1cccc(NC(=O)c2cnc3ccccn23)c1. The molecule has 138 valence electrons. The van der Waals surface area contributed by atoms with Crippen LogP contribution in [0.4, 0.5) is 5.69 Å². The molecule has 1 aromatic carbocycles. The van der Waals surface area contributed by atoms with Crippen LogP contribution in [0.15, 0.2) is 54.9 Å². The Labute approximate surface area is 157 Å². The molecule has 1 aliphatic carbocycles. The molecule has 6 nitrogen and oxygen atoms in total. The first-order chi connectivity index (χ1) is 13.2. The van der Waals surface area contributed by atoms with Gasteiger partial charge in [0.05, 0.1) is 6.20 Å². The minimum absolute atomic E-state index is 0.0900. The van der Waals surface area contributed by atoms with Crippen LogP contribution in [0.25, 0.3) is 5.65 Å². The number of carbonyl (C=O) groups excluding carboxylic acids is 2. The van der Waals surface area contributed by atoms with Gasteiger partial charge in [0.1, 0.15) is 11.3 Å². The van der Waals surface area contributed by atoms with Gasteiger partial charge in [0.25, 0.3) is 11.8 Å². The van der Waals surface area contributed by atoms with E-state index in [9.17, 15) is 9.59 Å². The van der Waals surface area contributed by atoms with Gasteiger partial charge in [-0.05, 0) is 43.2 Å². The van der Waals surface area contributed by atoms with Crippen LogP contribution in [0.2, 0.25) is 0 Å². The van der Waals surface area contributed by atoms with E-state index in [2.05, 4.69) is 15.6 Å². The molecule has 4 rings (SSSR count). The molecule has 2 heterocycles. The van der Waals surface area contributed by atoms with E-state index in [4.69, 9.17) is 0 Å². The molecule has 0 aliphatic heterocycles. The number of carbonyl (C=O) groups is 2. The lowest BCUT2D eigenvalue weighted by Crippen LogP contribution is -2.36. The van der Waals surface area contributed by atoms with E-state index in [0.717, 1.165) is 12.8 Å². The van der Waals surface area contributed by atoms with Gasteiger partial charge >= 0.3 is 0 Å². The zero-order valence-corrected chi connectivity index (χ0v) is 15.0. The standard InChI is InChI=1S/C21H22N4O2/c26-20(23-16-8-2-1-3-9-16)15-7-6-10-17(13-15)24-21(27)18-14-22-19-11-4-5-12-25(18)19/h4-7,10-14,16H,1-3,8-9H2,(H,23,26)(H,24,27). The number of hydrogen-bond acceptors (Lipinski definition) is 3. The second-order valence-electron chi connectivity index (χ2n) is 6.92. The second-order valence-corrected chi connectivity index (χ2v) is 6.92. The monoisotopic (exact) mass is 362 g/mol. The number of anilines is 1. The van der Waals surface area contributed by atoms with E-state index in [0.29, 0.717) is 22.6 Å². The predicted molar refractivity (Wildman–Crippen MR) is 104 cm³/mol. The molecule has 0 saturated heterocycles. The molecule has 1 saturated carbocycles. The Hall–Kier alpha value is -3.15. The summed E-state index contributed by atoms with van der Waals surface area (Å²) in [7, 11) is 0. The molecule has 0 bridgehead atoms. The van der Waals surface area contributed by atoms with Gasteiger partial charge in [0, 0.05) is 23.5 Å². The summed E-state index contributed by atoms with van der Waals surface area (Å²) < 4.78 is 1.73. The fourth-order valence-electron chi connectivity index (χ4n) is 3.55. The Kier molecular flexibility index (Phi) is 4.87. The van der Waals surface area contributed by atoms with Crippen molar-refractivity contribution < 1.29 is 9.59 Å². The van der Waals surface area contributed by atoms with Crippen LogP contribution in [0.3, 0.4) is 0 Å². The molecule has 27 heavy (non-hydrogen) atoms. The summed E-state index contributed by atoms with van der Waals surface area (Å²) in [5.74, 6) is -0.355. The van der Waals surface area contributed by atoms with Crippen molar-refractivity contribution in [3.8, 4) is 0 Å². The number of pyridine rings is 1. The number of amides is 2. The number of fused-ring (bicyclic) bond motifs is 1. The van der Waals surface area contributed by atoms with E-state index in [1.54, 1.807) is 41.1 Å². The molecule has 0 radical (unpaired) electrons. The lowest BCUT2D eigenvalue weighted by molar-refractivity contribution is 0.0926. The highest BCUT2D eigenvalue weighted by Gasteiger charge is 2.17. The lowest BCUT2D eigenvalue weighted by atomic mass is 9.95. The molecule has 2 aromatic heterocycles. The smallest absolute Gasteiger partial charge is 0.274 e. The predicted octanol–water partition coefficient (Wildman–Crippen LogP) is 3.65. The van der Waals surface area contributed by atoms with Crippen LogP contribution in [0.1, 0.15) is 53.0 Å². The number of rotatable bonds is 4. The van der Waals surface area contributed by atoms with Crippen molar-refractivity contribution in [1.82, 2.24) is 14.7 Å². The normalized spacial score (nSPS) is 14.8. The topological polar surface area (TPSA) is 75.5 Å². The van der Waals surface area contributed by atoms with Crippen LogP contribution >= 0.6 is 0 Å². The summed E-state index contributed by atoms with van der Waals surface area (Å²) in [6.45, 7) is 0. The van der Waals surface area contributed by atoms with Crippen molar-refractivity contribution in [2.75, 3.05) is 5.32 Å². The maximum absolute atomic E-state index is 12.6. The summed E-state index contributed by atoms with van der Waals surface area (Å²) >= 11 is 0. The fraction of sp³-hybridized carbons (Fsp3) is 0.286. The van der Waals surface area contributed by atoms with Crippen molar-refractivity contribution in [1.29, 1.82) is 0 Å². The van der Waals surface area contributed by atoms with Crippen LogP contribution in [-0.2, 0) is 0 Å². The Bertz CT molecular complexity index is 973. The summed E-state index contributed by atoms with van der Waals surface area (Å²) in [5, 5.41) is 5.96. The Balaban J connectivity index is 1.47. The van der Waals surface area contributed by atoms with Gasteiger partial charge in [-0.25, -0.2) is 4.98 Å². The Morgan fingerprint density at radius 2 is 1.85 bits per heavy atom. The van der Waals surface area contributed by atoms with Gasteiger partial charge in [0.2, 0.25) is 0 Å². The quantitative estimate of drug-likeness (QED) is 0.744. The minimum atomic E-state index is -0.265. The van der Waals surface area contributed by atoms with Gasteiger partial charge in [-0.15, -0.1) is 0 Å². The van der Waals surface area contributed by atoms with Crippen LogP contribution in [0.5, 0.6) is 0 Å². The first-order valence-electron chi connectivity index (χ1n) is 9.35. The molecule has 0 unspecified atom stereocenters. The Morgan fingerprint density at radius 1 is 1.00 bits per heavy atom. The minimum Gasteiger partial charge on any atom is -0.349 e. The molecule has 6 heteroatoms. The summed E-state index contributed by atoms with van der Waals surface area (Å²) in [6.07, 6.45) is 9.00. The van der Waals surface area contributed by atoms with Gasteiger partial charge in [0.15, 0.2) is 0 Å². The van der Waals surface area contributed by atoms with Crippen LogP contribution in [-0.4, -0.2) is 27.2 Å². The van der Waals surface area contributed by atoms with E-state index < -0.39 is 0 Å². The molecule has 1 fully saturated rings. The summed E-state index contributed by atoms with van der Waals surface area (Å²) in [6, 6.07) is 12.8. The molecular weight excluding hydrogens is 340 g/mol. The summed E-state index contributed by atoms with van der Waals surface area (Å²) in [5.41, 5.74) is 2.30. The first kappa shape index (κ1) is 17.3. The van der Waals surface area contributed by atoms with Crippen molar-refractivity contribution in [3.63, 3.8) is 0 Å². The molecule has 0 spiro atoms. The van der Waals surface area contributed by atoms with Crippen LogP contribution < -0.4 is 10.6 Å². The number of benzene rings is 1. The highest BCUT2D eigenvalue weighted by molar-refractivity contribution is 6.04. The molecule has 1 aliphatic rings. The number of aromatic nitrogens is 2. The van der Waals surface area contributed by atoms with Gasteiger partial charge in [-0.3, -0.25) is 14.0 Å². The van der Waals surface area contributed by atoms with E-state index in [1.165, 1.54) is 19.3 Å². The highest BCUT2D eigenvalue weighted by atomic mass is 16.2. The highest BCUT2D eigenvalue weighted by Crippen LogP contribution is 2.19. The van der Waals surface area contributed by atoms with Crippen molar-refractivity contribution in [2.24, 2.45) is 0 Å². The average molecular weight is 362 g/mol. The maximum Gasteiger partial charge on any atom is 0.274 e. The number of nitrogens with zero attached hydrogens (tertiary/aromatic N) is 2. The maximum atomic E-state index is 12.6. The second kappa shape index (κ2) is 7.61. The number of nitrogens with one attached hydrogen (secondary N) is 2.